The number of carbonyl (C=O) groups is 3. The lowest BCUT2D eigenvalue weighted by Crippen LogP contribution is -2.62. The van der Waals surface area contributed by atoms with Crippen molar-refractivity contribution in [2.45, 2.75) is 58.0 Å². The fraction of sp³-hybridized carbons (Fsp3) is 0.500. The number of nitrogens with zero attached hydrogens (tertiary/aromatic N) is 2. The number of benzene rings is 1. The van der Waals surface area contributed by atoms with Gasteiger partial charge in [0.05, 0.1) is 11.5 Å². The number of hydrogen-bond donors (Lipinski definition) is 2. The highest BCUT2D eigenvalue weighted by molar-refractivity contribution is 5.99. The van der Waals surface area contributed by atoms with Crippen molar-refractivity contribution >= 4 is 17.7 Å². The van der Waals surface area contributed by atoms with Crippen molar-refractivity contribution in [2.24, 2.45) is 5.92 Å². The molecule has 170 valence electrons. The highest BCUT2D eigenvalue weighted by atomic mass is 16.5. The summed E-state index contributed by atoms with van der Waals surface area (Å²) in [4.78, 5) is 41.1. The fourth-order valence-corrected chi connectivity index (χ4v) is 4.56. The highest BCUT2D eigenvalue weighted by Gasteiger charge is 2.54. The molecule has 2 aromatic rings. The van der Waals surface area contributed by atoms with E-state index in [1.807, 2.05) is 52.8 Å². The zero-order valence-electron chi connectivity index (χ0n) is 19.2. The topological polar surface area (TPSA) is 105 Å². The van der Waals surface area contributed by atoms with Crippen molar-refractivity contribution < 1.29 is 18.9 Å². The molecule has 1 fully saturated rings. The van der Waals surface area contributed by atoms with E-state index in [-0.39, 0.29) is 42.4 Å². The minimum absolute atomic E-state index is 0.105. The van der Waals surface area contributed by atoms with Crippen LogP contribution in [0.25, 0.3) is 0 Å². The Hall–Kier alpha value is -3.16. The van der Waals surface area contributed by atoms with Crippen LogP contribution in [0.5, 0.6) is 0 Å². The third-order valence-corrected chi connectivity index (χ3v) is 6.09. The predicted molar refractivity (Wildman–Crippen MR) is 118 cm³/mol. The molecule has 0 radical (unpaired) electrons. The molecule has 1 aromatic heterocycles. The van der Waals surface area contributed by atoms with Crippen molar-refractivity contribution in [2.75, 3.05) is 13.1 Å². The van der Waals surface area contributed by atoms with Crippen LogP contribution in [-0.4, -0.2) is 51.9 Å². The maximum absolute atomic E-state index is 13.3. The van der Waals surface area contributed by atoms with Gasteiger partial charge in [0.1, 0.15) is 5.76 Å². The van der Waals surface area contributed by atoms with E-state index in [2.05, 4.69) is 15.8 Å². The third-order valence-electron chi connectivity index (χ3n) is 6.09. The van der Waals surface area contributed by atoms with Crippen molar-refractivity contribution in [3.05, 3.63) is 52.9 Å². The van der Waals surface area contributed by atoms with E-state index in [4.69, 9.17) is 4.52 Å². The molecule has 0 aliphatic carbocycles. The summed E-state index contributed by atoms with van der Waals surface area (Å²) in [6.45, 7) is 10.1. The van der Waals surface area contributed by atoms with Crippen LogP contribution < -0.4 is 10.6 Å². The predicted octanol–water partition coefficient (Wildman–Crippen LogP) is 2.51. The number of amides is 3. The molecule has 8 heteroatoms. The van der Waals surface area contributed by atoms with Gasteiger partial charge in [-0.1, -0.05) is 37.2 Å². The van der Waals surface area contributed by atoms with Gasteiger partial charge in [-0.25, -0.2) is 0 Å². The number of aromatic nitrogens is 1. The second-order valence-electron chi connectivity index (χ2n) is 10.2. The SMILES string of the molecule is CC(C)c1cc(C(=O)N2C[C@@H](C(=O)NC(C)(C)C)[C@@]3(Cc4ccccc4C(=O)N3)C2)no1. The smallest absolute Gasteiger partial charge is 0.276 e. The van der Waals surface area contributed by atoms with Crippen LogP contribution in [0.3, 0.4) is 0 Å². The minimum Gasteiger partial charge on any atom is -0.360 e. The lowest BCUT2D eigenvalue weighted by atomic mass is 9.76. The van der Waals surface area contributed by atoms with E-state index >= 15 is 0 Å². The Balaban J connectivity index is 1.68. The monoisotopic (exact) mass is 438 g/mol. The van der Waals surface area contributed by atoms with E-state index in [0.717, 1.165) is 5.56 Å². The van der Waals surface area contributed by atoms with Gasteiger partial charge in [-0.3, -0.25) is 14.4 Å². The van der Waals surface area contributed by atoms with Crippen molar-refractivity contribution in [1.82, 2.24) is 20.7 Å². The van der Waals surface area contributed by atoms with E-state index < -0.39 is 17.0 Å². The standard InChI is InChI=1S/C24H30N4O4/c1-14(2)19-10-18(27-32-19)22(31)28-12-17(21(30)25-23(3,4)5)24(13-28)11-15-8-6-7-9-16(15)20(29)26-24/h6-10,14,17H,11-13H2,1-5H3,(H,25,30)(H,26,29)/t17-,24+/m0/s1. The molecule has 0 bridgehead atoms. The lowest BCUT2D eigenvalue weighted by Gasteiger charge is -2.39. The molecule has 32 heavy (non-hydrogen) atoms. The Kier molecular flexibility index (Phi) is 5.35. The largest absolute Gasteiger partial charge is 0.360 e. The number of nitrogens with one attached hydrogen (secondary N) is 2. The van der Waals surface area contributed by atoms with Gasteiger partial charge < -0.3 is 20.1 Å². The summed E-state index contributed by atoms with van der Waals surface area (Å²) >= 11 is 0. The first kappa shape index (κ1) is 22.0. The Morgan fingerprint density at radius 1 is 1.28 bits per heavy atom. The lowest BCUT2D eigenvalue weighted by molar-refractivity contribution is -0.127. The second kappa shape index (κ2) is 7.76. The molecule has 3 amide bonds. The zero-order chi connectivity index (χ0) is 23.3. The van der Waals surface area contributed by atoms with Gasteiger partial charge in [-0.05, 0) is 38.8 Å². The molecular formula is C24H30N4O4. The first-order valence-corrected chi connectivity index (χ1v) is 11.0. The number of fused-ring (bicyclic) bond motifs is 1. The Labute approximate surface area is 187 Å². The Bertz CT molecular complexity index is 1070. The number of likely N-dealkylation sites (tertiary alicyclic amines) is 1. The van der Waals surface area contributed by atoms with Gasteiger partial charge in [-0.15, -0.1) is 0 Å². The van der Waals surface area contributed by atoms with Crippen molar-refractivity contribution in [3.63, 3.8) is 0 Å². The molecule has 0 saturated carbocycles. The van der Waals surface area contributed by atoms with Crippen LogP contribution in [0, 0.1) is 5.92 Å². The average Bonchev–Trinajstić information content (AvgIpc) is 3.32. The number of carbonyl (C=O) groups excluding carboxylic acids is 3. The summed E-state index contributed by atoms with van der Waals surface area (Å²) in [7, 11) is 0. The molecule has 2 aliphatic heterocycles. The van der Waals surface area contributed by atoms with Crippen LogP contribution >= 0.6 is 0 Å². The first-order valence-electron chi connectivity index (χ1n) is 11.0. The summed E-state index contributed by atoms with van der Waals surface area (Å²) in [6, 6.07) is 9.04. The van der Waals surface area contributed by atoms with Gasteiger partial charge in [0.2, 0.25) is 5.91 Å². The van der Waals surface area contributed by atoms with Crippen LogP contribution in [-0.2, 0) is 11.2 Å². The van der Waals surface area contributed by atoms with Crippen LogP contribution in [0.1, 0.15) is 72.7 Å². The first-order chi connectivity index (χ1) is 15.0. The molecule has 4 rings (SSSR count). The van der Waals surface area contributed by atoms with E-state index in [1.165, 1.54) is 0 Å². The quantitative estimate of drug-likeness (QED) is 0.766. The van der Waals surface area contributed by atoms with Crippen molar-refractivity contribution in [3.8, 4) is 0 Å². The van der Waals surface area contributed by atoms with Crippen LogP contribution in [0.15, 0.2) is 34.9 Å². The molecular weight excluding hydrogens is 408 g/mol. The Morgan fingerprint density at radius 2 is 2.00 bits per heavy atom. The zero-order valence-corrected chi connectivity index (χ0v) is 19.2. The van der Waals surface area contributed by atoms with Gasteiger partial charge in [0.15, 0.2) is 5.69 Å². The van der Waals surface area contributed by atoms with Gasteiger partial charge in [-0.2, -0.15) is 0 Å². The van der Waals surface area contributed by atoms with Crippen LogP contribution in [0.2, 0.25) is 0 Å². The molecule has 2 atom stereocenters. The highest BCUT2D eigenvalue weighted by Crippen LogP contribution is 2.36. The minimum atomic E-state index is -0.888. The maximum atomic E-state index is 13.3. The number of hydrogen-bond acceptors (Lipinski definition) is 5. The molecule has 2 aliphatic rings. The summed E-state index contributed by atoms with van der Waals surface area (Å²) < 4.78 is 5.30. The normalized spacial score (nSPS) is 22.8. The second-order valence-corrected chi connectivity index (χ2v) is 10.2. The van der Waals surface area contributed by atoms with Gasteiger partial charge in [0, 0.05) is 36.2 Å². The molecule has 8 nitrogen and oxygen atoms in total. The van der Waals surface area contributed by atoms with Gasteiger partial charge >= 0.3 is 0 Å². The molecule has 1 spiro atoms. The summed E-state index contributed by atoms with van der Waals surface area (Å²) in [5.74, 6) is -0.579. The maximum Gasteiger partial charge on any atom is 0.276 e. The molecule has 0 unspecified atom stereocenters. The number of rotatable bonds is 3. The van der Waals surface area contributed by atoms with Crippen LogP contribution in [0.4, 0.5) is 0 Å². The fourth-order valence-electron chi connectivity index (χ4n) is 4.56. The molecule has 1 saturated heterocycles. The summed E-state index contributed by atoms with van der Waals surface area (Å²) in [6.07, 6.45) is 0.469. The molecule has 1 aromatic carbocycles. The van der Waals surface area contributed by atoms with E-state index in [0.29, 0.717) is 17.7 Å². The van der Waals surface area contributed by atoms with E-state index in [1.54, 1.807) is 17.0 Å². The van der Waals surface area contributed by atoms with Crippen molar-refractivity contribution in [1.29, 1.82) is 0 Å². The molecule has 3 heterocycles. The van der Waals surface area contributed by atoms with Gasteiger partial charge in [0.25, 0.3) is 11.8 Å². The summed E-state index contributed by atoms with van der Waals surface area (Å²) in [5.41, 5.74) is 0.368. The third kappa shape index (κ3) is 4.01. The summed E-state index contributed by atoms with van der Waals surface area (Å²) in [5, 5.41) is 10.1. The average molecular weight is 439 g/mol. The molecule has 2 N–H and O–H groups in total. The van der Waals surface area contributed by atoms with E-state index in [9.17, 15) is 14.4 Å². The Morgan fingerprint density at radius 3 is 2.66 bits per heavy atom.